The minimum absolute atomic E-state index is 0.249. The van der Waals surface area contributed by atoms with E-state index in [4.69, 9.17) is 9.72 Å². The average molecular weight is 516 g/mol. The molecule has 38 heavy (non-hydrogen) atoms. The summed E-state index contributed by atoms with van der Waals surface area (Å²) in [4.78, 5) is 31.3. The van der Waals surface area contributed by atoms with Gasteiger partial charge < -0.3 is 20.3 Å². The number of carbonyl (C=O) groups excluding carboxylic acids is 2. The van der Waals surface area contributed by atoms with Gasteiger partial charge in [-0.2, -0.15) is 5.26 Å². The van der Waals surface area contributed by atoms with Gasteiger partial charge in [-0.25, -0.2) is 14.2 Å². The van der Waals surface area contributed by atoms with Gasteiger partial charge in [0.15, 0.2) is 0 Å². The minimum atomic E-state index is -0.328. The number of aromatic nitrogens is 1. The summed E-state index contributed by atoms with van der Waals surface area (Å²) < 4.78 is 18.4. The molecule has 0 radical (unpaired) electrons. The molecular weight excluding hydrogens is 485 g/mol. The molecule has 0 saturated carbocycles. The second-order valence-corrected chi connectivity index (χ2v) is 9.17. The smallest absolute Gasteiger partial charge is 0.409 e. The van der Waals surface area contributed by atoms with E-state index < -0.39 is 0 Å². The molecule has 1 saturated heterocycles. The molecule has 0 spiro atoms. The van der Waals surface area contributed by atoms with E-state index in [1.165, 1.54) is 19.2 Å². The molecule has 196 valence electrons. The zero-order chi connectivity index (χ0) is 26.9. The van der Waals surface area contributed by atoms with Crippen molar-refractivity contribution in [3.05, 3.63) is 83.2 Å². The maximum absolute atomic E-state index is 13.6. The summed E-state index contributed by atoms with van der Waals surface area (Å²) in [5.41, 5.74) is 2.94. The number of halogens is 1. The van der Waals surface area contributed by atoms with Crippen molar-refractivity contribution in [1.29, 1.82) is 5.26 Å². The molecule has 9 heteroatoms. The van der Waals surface area contributed by atoms with E-state index in [9.17, 15) is 19.2 Å². The maximum atomic E-state index is 13.6. The fourth-order valence-electron chi connectivity index (χ4n) is 4.53. The minimum Gasteiger partial charge on any atom is -0.453 e. The van der Waals surface area contributed by atoms with Crippen molar-refractivity contribution >= 4 is 17.8 Å². The molecule has 1 aliphatic heterocycles. The van der Waals surface area contributed by atoms with E-state index in [0.29, 0.717) is 60.8 Å². The number of likely N-dealkylation sites (tertiary alicyclic amines) is 1. The molecule has 2 aromatic carbocycles. The molecule has 0 atom stereocenters. The number of nitrogens with one attached hydrogen (secondary N) is 2. The Balaban J connectivity index is 1.48. The fraction of sp³-hybridized carbons (Fsp3) is 0.310. The topological polar surface area (TPSA) is 107 Å². The molecule has 2 amide bonds. The van der Waals surface area contributed by atoms with Gasteiger partial charge in [0.1, 0.15) is 11.6 Å². The van der Waals surface area contributed by atoms with Gasteiger partial charge in [-0.05, 0) is 61.1 Å². The Morgan fingerprint density at radius 1 is 1.13 bits per heavy atom. The zero-order valence-corrected chi connectivity index (χ0v) is 21.2. The molecule has 1 aromatic heterocycles. The van der Waals surface area contributed by atoms with Crippen LogP contribution < -0.4 is 10.6 Å². The van der Waals surface area contributed by atoms with Crippen LogP contribution in [-0.2, 0) is 11.2 Å². The van der Waals surface area contributed by atoms with Crippen molar-refractivity contribution in [1.82, 2.24) is 15.2 Å². The molecule has 3 aromatic rings. The van der Waals surface area contributed by atoms with Crippen LogP contribution in [0.3, 0.4) is 0 Å². The summed E-state index contributed by atoms with van der Waals surface area (Å²) in [6.45, 7) is 2.10. The Labute approximate surface area is 221 Å². The summed E-state index contributed by atoms with van der Waals surface area (Å²) in [7, 11) is 1.37. The number of hydrogen-bond donors (Lipinski definition) is 2. The molecule has 1 aliphatic rings. The lowest BCUT2D eigenvalue weighted by Crippen LogP contribution is -2.41. The highest BCUT2D eigenvalue weighted by Crippen LogP contribution is 2.25. The van der Waals surface area contributed by atoms with Crippen LogP contribution in [0.1, 0.15) is 34.3 Å². The molecule has 0 unspecified atom stereocenters. The molecule has 4 rings (SSSR count). The quantitative estimate of drug-likeness (QED) is 0.453. The molecule has 2 N–H and O–H groups in total. The number of ether oxygens (including phenoxy) is 1. The van der Waals surface area contributed by atoms with Crippen molar-refractivity contribution in [2.24, 2.45) is 5.92 Å². The number of anilines is 1. The lowest BCUT2D eigenvalue weighted by atomic mass is 9.97. The fourth-order valence-corrected chi connectivity index (χ4v) is 4.53. The van der Waals surface area contributed by atoms with Crippen molar-refractivity contribution in [3.8, 4) is 17.3 Å². The summed E-state index contributed by atoms with van der Waals surface area (Å²) in [6, 6.07) is 19.2. The number of carbonyl (C=O) groups is 2. The van der Waals surface area contributed by atoms with Crippen molar-refractivity contribution < 1.29 is 18.7 Å². The lowest BCUT2D eigenvalue weighted by Gasteiger charge is -2.31. The summed E-state index contributed by atoms with van der Waals surface area (Å²) in [6.07, 6.45) is 1.76. The van der Waals surface area contributed by atoms with E-state index in [1.807, 2.05) is 18.2 Å². The summed E-state index contributed by atoms with van der Waals surface area (Å²) in [5.74, 6) is 0.0816. The van der Waals surface area contributed by atoms with E-state index in [0.717, 1.165) is 18.4 Å². The highest BCUT2D eigenvalue weighted by Gasteiger charge is 2.24. The van der Waals surface area contributed by atoms with Crippen LogP contribution in [0.2, 0.25) is 0 Å². The second kappa shape index (κ2) is 12.7. The first-order valence-electron chi connectivity index (χ1n) is 12.6. The molecule has 0 bridgehead atoms. The van der Waals surface area contributed by atoms with E-state index in [1.54, 1.807) is 35.2 Å². The average Bonchev–Trinajstić information content (AvgIpc) is 2.95. The van der Waals surface area contributed by atoms with Crippen LogP contribution in [0.25, 0.3) is 11.3 Å². The van der Waals surface area contributed by atoms with Crippen molar-refractivity contribution in [3.63, 3.8) is 0 Å². The number of piperidine rings is 1. The SMILES string of the molecule is COC(=O)N1CCC(CNC(=O)c2ccc(-c3ccccc3C#N)nc2NCCc2cccc(F)c2)CC1. The van der Waals surface area contributed by atoms with Crippen LogP contribution in [0.5, 0.6) is 0 Å². The van der Waals surface area contributed by atoms with Gasteiger partial charge in [0.2, 0.25) is 0 Å². The van der Waals surface area contributed by atoms with Gasteiger partial charge in [-0.15, -0.1) is 0 Å². The van der Waals surface area contributed by atoms with E-state index >= 15 is 0 Å². The number of amides is 2. The van der Waals surface area contributed by atoms with Crippen LogP contribution >= 0.6 is 0 Å². The number of nitrogens with zero attached hydrogens (tertiary/aromatic N) is 3. The predicted molar refractivity (Wildman–Crippen MR) is 142 cm³/mol. The maximum Gasteiger partial charge on any atom is 0.409 e. The summed E-state index contributed by atoms with van der Waals surface area (Å²) >= 11 is 0. The Morgan fingerprint density at radius 2 is 1.92 bits per heavy atom. The third-order valence-corrected chi connectivity index (χ3v) is 6.66. The van der Waals surface area contributed by atoms with E-state index in [2.05, 4.69) is 16.7 Å². The second-order valence-electron chi connectivity index (χ2n) is 9.17. The monoisotopic (exact) mass is 515 g/mol. The largest absolute Gasteiger partial charge is 0.453 e. The van der Waals surface area contributed by atoms with Gasteiger partial charge >= 0.3 is 6.09 Å². The third-order valence-electron chi connectivity index (χ3n) is 6.66. The van der Waals surface area contributed by atoms with Gasteiger partial charge in [0.25, 0.3) is 5.91 Å². The van der Waals surface area contributed by atoms with Gasteiger partial charge in [0.05, 0.1) is 30.0 Å². The number of benzene rings is 2. The standard InChI is InChI=1S/C29H30FN5O3/c1-38-29(37)35-15-12-21(13-16-35)19-33-28(36)25-9-10-26(24-8-3-2-6-22(24)18-31)34-27(25)32-14-11-20-5-4-7-23(30)17-20/h2-10,17,21H,11-16,19H2,1H3,(H,32,34)(H,33,36). The van der Waals surface area contributed by atoms with Crippen LogP contribution in [-0.4, -0.2) is 55.2 Å². The Hall–Kier alpha value is -4.45. The van der Waals surface area contributed by atoms with Gasteiger partial charge in [-0.1, -0.05) is 30.3 Å². The first kappa shape index (κ1) is 26.6. The Bertz CT molecular complexity index is 1330. The number of nitriles is 1. The number of rotatable bonds is 8. The summed E-state index contributed by atoms with van der Waals surface area (Å²) in [5, 5.41) is 15.8. The Morgan fingerprint density at radius 3 is 2.66 bits per heavy atom. The van der Waals surface area contributed by atoms with Crippen molar-refractivity contribution in [2.75, 3.05) is 38.6 Å². The van der Waals surface area contributed by atoms with Crippen LogP contribution in [0, 0.1) is 23.1 Å². The number of hydrogen-bond acceptors (Lipinski definition) is 6. The zero-order valence-electron chi connectivity index (χ0n) is 21.2. The van der Waals surface area contributed by atoms with Gasteiger partial charge in [0, 0.05) is 31.7 Å². The molecule has 1 fully saturated rings. The molecule has 2 heterocycles. The van der Waals surface area contributed by atoms with Gasteiger partial charge in [-0.3, -0.25) is 4.79 Å². The lowest BCUT2D eigenvalue weighted by molar-refractivity contribution is 0.0914. The molecular formula is C29H30FN5O3. The Kier molecular flexibility index (Phi) is 8.88. The highest BCUT2D eigenvalue weighted by molar-refractivity contribution is 5.99. The first-order valence-corrected chi connectivity index (χ1v) is 12.6. The molecule has 0 aliphatic carbocycles. The number of pyridine rings is 1. The van der Waals surface area contributed by atoms with Crippen LogP contribution in [0.15, 0.2) is 60.7 Å². The third kappa shape index (κ3) is 6.65. The van der Waals surface area contributed by atoms with Crippen LogP contribution in [0.4, 0.5) is 15.0 Å². The number of methoxy groups -OCH3 is 1. The highest BCUT2D eigenvalue weighted by atomic mass is 19.1. The molecule has 8 nitrogen and oxygen atoms in total. The van der Waals surface area contributed by atoms with Crippen molar-refractivity contribution in [2.45, 2.75) is 19.3 Å². The normalized spacial score (nSPS) is 13.4. The predicted octanol–water partition coefficient (Wildman–Crippen LogP) is 4.62. The first-order chi connectivity index (χ1) is 18.5. The van der Waals surface area contributed by atoms with E-state index in [-0.39, 0.29) is 23.7 Å².